The second kappa shape index (κ2) is 6.18. The van der Waals surface area contributed by atoms with E-state index in [0.29, 0.717) is 12.6 Å². The van der Waals surface area contributed by atoms with E-state index in [0.717, 1.165) is 26.3 Å². The van der Waals surface area contributed by atoms with Crippen molar-refractivity contribution >= 4 is 5.69 Å². The van der Waals surface area contributed by atoms with Crippen LogP contribution in [0.25, 0.3) is 0 Å². The van der Waals surface area contributed by atoms with Crippen molar-refractivity contribution in [1.29, 1.82) is 0 Å². The zero-order valence-electron chi connectivity index (χ0n) is 11.3. The predicted octanol–water partition coefficient (Wildman–Crippen LogP) is 1.08. The summed E-state index contributed by atoms with van der Waals surface area (Å²) in [4.78, 5) is 4.52. The monoisotopic (exact) mass is 249 g/mol. The number of nitrogens with zero attached hydrogens (tertiary/aromatic N) is 2. The quantitative estimate of drug-likeness (QED) is 0.867. The minimum atomic E-state index is 0.310. The highest BCUT2D eigenvalue weighted by Crippen LogP contribution is 2.23. The van der Waals surface area contributed by atoms with Crippen LogP contribution in [0.2, 0.25) is 0 Å². The number of anilines is 1. The Bertz CT molecular complexity index is 358. The molecule has 0 aliphatic carbocycles. The molecule has 100 valence electrons. The summed E-state index contributed by atoms with van der Waals surface area (Å²) in [6, 6.07) is 8.98. The average molecular weight is 249 g/mol. The molecular weight excluding hydrogens is 226 g/mol. The lowest BCUT2D eigenvalue weighted by molar-refractivity contribution is 0.0179. The predicted molar refractivity (Wildman–Crippen MR) is 75.0 cm³/mol. The molecule has 18 heavy (non-hydrogen) atoms. The zero-order chi connectivity index (χ0) is 13.0. The van der Waals surface area contributed by atoms with Crippen molar-refractivity contribution in [1.82, 2.24) is 4.90 Å². The maximum absolute atomic E-state index is 5.94. The Morgan fingerprint density at radius 1 is 1.22 bits per heavy atom. The van der Waals surface area contributed by atoms with E-state index in [-0.39, 0.29) is 0 Å². The van der Waals surface area contributed by atoms with E-state index in [2.05, 4.69) is 48.2 Å². The molecule has 0 amide bonds. The second-order valence-electron chi connectivity index (χ2n) is 4.89. The summed E-state index contributed by atoms with van der Waals surface area (Å²) in [5.41, 5.74) is 8.46. The highest BCUT2D eigenvalue weighted by molar-refractivity contribution is 5.46. The first kappa shape index (κ1) is 13.3. The Morgan fingerprint density at radius 2 is 1.83 bits per heavy atom. The van der Waals surface area contributed by atoms with Gasteiger partial charge in [-0.1, -0.05) is 12.1 Å². The van der Waals surface area contributed by atoms with Crippen molar-refractivity contribution in [2.45, 2.75) is 6.04 Å². The standard InChI is InChI=1S/C14H23N3O/c1-16(2)13-5-3-12(4-6-13)14(11-15)17-7-9-18-10-8-17/h3-6,14H,7-11,15H2,1-2H3/t14-/m1/s1. The molecule has 0 spiro atoms. The van der Waals surface area contributed by atoms with Gasteiger partial charge in [0.1, 0.15) is 0 Å². The number of morpholine rings is 1. The fraction of sp³-hybridized carbons (Fsp3) is 0.571. The molecule has 0 aromatic heterocycles. The van der Waals surface area contributed by atoms with Gasteiger partial charge in [-0.3, -0.25) is 4.90 Å². The summed E-state index contributed by atoms with van der Waals surface area (Å²) in [5, 5.41) is 0. The summed E-state index contributed by atoms with van der Waals surface area (Å²) in [5.74, 6) is 0. The molecule has 4 nitrogen and oxygen atoms in total. The normalized spacial score (nSPS) is 18.6. The van der Waals surface area contributed by atoms with E-state index >= 15 is 0 Å². The van der Waals surface area contributed by atoms with E-state index in [9.17, 15) is 0 Å². The van der Waals surface area contributed by atoms with Gasteiger partial charge in [0.15, 0.2) is 0 Å². The van der Waals surface area contributed by atoms with Gasteiger partial charge in [-0.2, -0.15) is 0 Å². The van der Waals surface area contributed by atoms with Crippen LogP contribution in [0.3, 0.4) is 0 Å². The number of rotatable bonds is 4. The first-order valence-electron chi connectivity index (χ1n) is 6.51. The highest BCUT2D eigenvalue weighted by atomic mass is 16.5. The molecule has 1 aromatic rings. The molecule has 0 unspecified atom stereocenters. The molecule has 1 aromatic carbocycles. The van der Waals surface area contributed by atoms with Gasteiger partial charge in [-0.25, -0.2) is 0 Å². The zero-order valence-corrected chi connectivity index (χ0v) is 11.3. The largest absolute Gasteiger partial charge is 0.379 e. The van der Waals surface area contributed by atoms with Crippen LogP contribution in [-0.4, -0.2) is 51.8 Å². The van der Waals surface area contributed by atoms with Crippen LogP contribution in [0.5, 0.6) is 0 Å². The first-order valence-corrected chi connectivity index (χ1v) is 6.51. The molecule has 1 aliphatic heterocycles. The average Bonchev–Trinajstić information content (AvgIpc) is 2.41. The van der Waals surface area contributed by atoms with Crippen LogP contribution in [0, 0.1) is 0 Å². The molecule has 0 saturated carbocycles. The minimum absolute atomic E-state index is 0.310. The van der Waals surface area contributed by atoms with Crippen molar-refractivity contribution in [2.24, 2.45) is 5.73 Å². The number of ether oxygens (including phenoxy) is 1. The molecule has 1 atom stereocenters. The Morgan fingerprint density at radius 3 is 2.33 bits per heavy atom. The third-order valence-electron chi connectivity index (χ3n) is 3.50. The van der Waals surface area contributed by atoms with Gasteiger partial charge in [0.25, 0.3) is 0 Å². The van der Waals surface area contributed by atoms with Gasteiger partial charge in [-0.15, -0.1) is 0 Å². The summed E-state index contributed by atoms with van der Waals surface area (Å²) in [6.07, 6.45) is 0. The molecule has 1 fully saturated rings. The number of benzene rings is 1. The topological polar surface area (TPSA) is 41.7 Å². The lowest BCUT2D eigenvalue weighted by atomic mass is 10.0. The van der Waals surface area contributed by atoms with Gasteiger partial charge >= 0.3 is 0 Å². The highest BCUT2D eigenvalue weighted by Gasteiger charge is 2.21. The van der Waals surface area contributed by atoms with E-state index < -0.39 is 0 Å². The van der Waals surface area contributed by atoms with Crippen LogP contribution in [-0.2, 0) is 4.74 Å². The summed E-state index contributed by atoms with van der Waals surface area (Å²) in [7, 11) is 4.11. The second-order valence-corrected chi connectivity index (χ2v) is 4.89. The Kier molecular flexibility index (Phi) is 4.58. The van der Waals surface area contributed by atoms with Crippen LogP contribution < -0.4 is 10.6 Å². The molecule has 1 heterocycles. The van der Waals surface area contributed by atoms with E-state index in [4.69, 9.17) is 10.5 Å². The van der Waals surface area contributed by atoms with Crippen LogP contribution in [0.4, 0.5) is 5.69 Å². The van der Waals surface area contributed by atoms with Crippen molar-refractivity contribution in [3.05, 3.63) is 29.8 Å². The molecule has 0 bridgehead atoms. The number of hydrogen-bond donors (Lipinski definition) is 1. The molecular formula is C14H23N3O. The summed E-state index contributed by atoms with van der Waals surface area (Å²) >= 11 is 0. The van der Waals surface area contributed by atoms with Crippen LogP contribution in [0.1, 0.15) is 11.6 Å². The summed E-state index contributed by atoms with van der Waals surface area (Å²) in [6.45, 7) is 4.22. The lowest BCUT2D eigenvalue weighted by Gasteiger charge is -2.34. The van der Waals surface area contributed by atoms with Crippen molar-refractivity contribution in [3.8, 4) is 0 Å². The molecule has 0 radical (unpaired) electrons. The van der Waals surface area contributed by atoms with Crippen molar-refractivity contribution < 1.29 is 4.74 Å². The van der Waals surface area contributed by atoms with Crippen molar-refractivity contribution in [3.63, 3.8) is 0 Å². The summed E-state index contributed by atoms with van der Waals surface area (Å²) < 4.78 is 5.39. The third kappa shape index (κ3) is 3.02. The maximum Gasteiger partial charge on any atom is 0.0594 e. The van der Waals surface area contributed by atoms with Gasteiger partial charge in [0, 0.05) is 45.5 Å². The van der Waals surface area contributed by atoms with Gasteiger partial charge < -0.3 is 15.4 Å². The molecule has 2 N–H and O–H groups in total. The van der Waals surface area contributed by atoms with Crippen LogP contribution >= 0.6 is 0 Å². The third-order valence-corrected chi connectivity index (χ3v) is 3.50. The number of hydrogen-bond acceptors (Lipinski definition) is 4. The Labute approximate surface area is 109 Å². The van der Waals surface area contributed by atoms with Gasteiger partial charge in [0.05, 0.1) is 13.2 Å². The molecule has 4 heteroatoms. The number of nitrogens with two attached hydrogens (primary N) is 1. The van der Waals surface area contributed by atoms with E-state index in [1.165, 1.54) is 11.3 Å². The maximum atomic E-state index is 5.94. The molecule has 2 rings (SSSR count). The van der Waals surface area contributed by atoms with Crippen molar-refractivity contribution in [2.75, 3.05) is 51.8 Å². The van der Waals surface area contributed by atoms with E-state index in [1.54, 1.807) is 0 Å². The fourth-order valence-corrected chi connectivity index (χ4v) is 2.38. The van der Waals surface area contributed by atoms with Gasteiger partial charge in [-0.05, 0) is 17.7 Å². The van der Waals surface area contributed by atoms with Gasteiger partial charge in [0.2, 0.25) is 0 Å². The minimum Gasteiger partial charge on any atom is -0.379 e. The molecule has 1 saturated heterocycles. The Hall–Kier alpha value is -1.10. The fourth-order valence-electron chi connectivity index (χ4n) is 2.38. The Balaban J connectivity index is 2.11. The SMILES string of the molecule is CN(C)c1ccc([C@@H](CN)N2CCOCC2)cc1. The first-order chi connectivity index (χ1) is 8.72. The molecule has 1 aliphatic rings. The van der Waals surface area contributed by atoms with Crippen LogP contribution in [0.15, 0.2) is 24.3 Å². The lowest BCUT2D eigenvalue weighted by Crippen LogP contribution is -2.41. The van der Waals surface area contributed by atoms with E-state index in [1.807, 2.05) is 0 Å². The smallest absolute Gasteiger partial charge is 0.0594 e.